The Morgan fingerprint density at radius 1 is 1.20 bits per heavy atom. The number of likely N-dealkylation sites (N-methyl/N-ethyl adjacent to an activating group) is 1. The van der Waals surface area contributed by atoms with Crippen molar-refractivity contribution in [2.75, 3.05) is 33.2 Å². The van der Waals surface area contributed by atoms with Gasteiger partial charge in [-0.25, -0.2) is 8.42 Å². The first-order valence-corrected chi connectivity index (χ1v) is 7.78. The van der Waals surface area contributed by atoms with Gasteiger partial charge in [-0.3, -0.25) is 10.1 Å². The van der Waals surface area contributed by atoms with Crippen LogP contribution in [0.3, 0.4) is 0 Å². The second-order valence-electron chi connectivity index (χ2n) is 4.82. The summed E-state index contributed by atoms with van der Waals surface area (Å²) in [5.74, 6) is 0. The Morgan fingerprint density at radius 3 is 2.65 bits per heavy atom. The molecule has 0 atom stereocenters. The summed E-state index contributed by atoms with van der Waals surface area (Å²) in [5.41, 5.74) is -0.210. The summed E-state index contributed by atoms with van der Waals surface area (Å²) in [6.45, 7) is 2.35. The van der Waals surface area contributed by atoms with E-state index in [0.29, 0.717) is 19.6 Å². The van der Waals surface area contributed by atoms with Crippen LogP contribution in [0.1, 0.15) is 6.42 Å². The number of nitrogens with zero attached hydrogens (tertiary/aromatic N) is 3. The molecule has 0 unspecified atom stereocenters. The molecule has 20 heavy (non-hydrogen) atoms. The summed E-state index contributed by atoms with van der Waals surface area (Å²) in [6.07, 6.45) is 0.755. The van der Waals surface area contributed by atoms with Gasteiger partial charge in [0.15, 0.2) is 0 Å². The van der Waals surface area contributed by atoms with Gasteiger partial charge in [0.2, 0.25) is 10.0 Å². The normalized spacial score (nSPS) is 18.6. The minimum atomic E-state index is -3.66. The smallest absolute Gasteiger partial charge is 0.270 e. The molecule has 1 aliphatic heterocycles. The van der Waals surface area contributed by atoms with Crippen molar-refractivity contribution in [3.8, 4) is 0 Å². The molecule has 0 radical (unpaired) electrons. The summed E-state index contributed by atoms with van der Waals surface area (Å²) in [4.78, 5) is 12.2. The Kier molecular flexibility index (Phi) is 4.36. The van der Waals surface area contributed by atoms with Crippen LogP contribution in [0.2, 0.25) is 0 Å². The first-order valence-electron chi connectivity index (χ1n) is 6.34. The van der Waals surface area contributed by atoms with Crippen LogP contribution >= 0.6 is 0 Å². The van der Waals surface area contributed by atoms with Gasteiger partial charge in [-0.05, 0) is 26.1 Å². The summed E-state index contributed by atoms with van der Waals surface area (Å²) >= 11 is 0. The molecule has 0 bridgehead atoms. The third kappa shape index (κ3) is 3.14. The summed E-state index contributed by atoms with van der Waals surface area (Å²) in [7, 11) is -1.71. The molecule has 0 N–H and O–H groups in total. The second kappa shape index (κ2) is 5.86. The van der Waals surface area contributed by atoms with E-state index in [4.69, 9.17) is 0 Å². The van der Waals surface area contributed by atoms with Crippen molar-refractivity contribution in [2.24, 2.45) is 0 Å². The first kappa shape index (κ1) is 14.9. The van der Waals surface area contributed by atoms with Gasteiger partial charge >= 0.3 is 0 Å². The van der Waals surface area contributed by atoms with E-state index in [1.54, 1.807) is 0 Å². The molecule has 0 spiro atoms. The number of nitro benzene ring substituents is 1. The van der Waals surface area contributed by atoms with Crippen LogP contribution in [0.15, 0.2) is 29.2 Å². The maximum Gasteiger partial charge on any atom is 0.270 e. The zero-order valence-corrected chi connectivity index (χ0v) is 12.0. The van der Waals surface area contributed by atoms with Crippen molar-refractivity contribution in [3.05, 3.63) is 34.4 Å². The predicted molar refractivity (Wildman–Crippen MR) is 74.0 cm³/mol. The van der Waals surface area contributed by atoms with E-state index < -0.39 is 14.9 Å². The molecule has 1 fully saturated rings. The Hall–Kier alpha value is -1.51. The quantitative estimate of drug-likeness (QED) is 0.612. The molecule has 1 aromatic rings. The van der Waals surface area contributed by atoms with Gasteiger partial charge in [-0.1, -0.05) is 6.07 Å². The average molecular weight is 299 g/mol. The fraction of sp³-hybridized carbons (Fsp3) is 0.500. The summed E-state index contributed by atoms with van der Waals surface area (Å²) < 4.78 is 26.4. The molecular weight excluding hydrogens is 282 g/mol. The molecule has 1 heterocycles. The van der Waals surface area contributed by atoms with E-state index in [1.165, 1.54) is 22.5 Å². The molecule has 0 saturated carbocycles. The number of rotatable bonds is 3. The lowest BCUT2D eigenvalue weighted by Gasteiger charge is -2.20. The topological polar surface area (TPSA) is 83.8 Å². The van der Waals surface area contributed by atoms with Crippen molar-refractivity contribution in [2.45, 2.75) is 11.3 Å². The first-order chi connectivity index (χ1) is 9.41. The molecule has 1 aliphatic rings. The van der Waals surface area contributed by atoms with Crippen molar-refractivity contribution in [1.82, 2.24) is 9.21 Å². The van der Waals surface area contributed by atoms with E-state index in [2.05, 4.69) is 4.90 Å². The van der Waals surface area contributed by atoms with E-state index in [1.807, 2.05) is 7.05 Å². The van der Waals surface area contributed by atoms with Crippen LogP contribution in [-0.4, -0.2) is 55.8 Å². The van der Waals surface area contributed by atoms with Crippen LogP contribution in [-0.2, 0) is 10.0 Å². The highest BCUT2D eigenvalue weighted by atomic mass is 32.2. The highest BCUT2D eigenvalue weighted by Crippen LogP contribution is 2.21. The molecule has 7 nitrogen and oxygen atoms in total. The predicted octanol–water partition coefficient (Wildman–Crippen LogP) is 0.921. The molecule has 0 aliphatic carbocycles. The van der Waals surface area contributed by atoms with Crippen LogP contribution in [0, 0.1) is 10.1 Å². The molecular formula is C12H17N3O4S. The number of sulfonamides is 1. The molecule has 0 aromatic heterocycles. The van der Waals surface area contributed by atoms with Gasteiger partial charge in [0.1, 0.15) is 0 Å². The number of hydrogen-bond acceptors (Lipinski definition) is 5. The Balaban J connectivity index is 2.29. The van der Waals surface area contributed by atoms with Crippen LogP contribution in [0.4, 0.5) is 5.69 Å². The number of benzene rings is 1. The minimum absolute atomic E-state index is 0.0174. The largest absolute Gasteiger partial charge is 0.305 e. The van der Waals surface area contributed by atoms with Crippen molar-refractivity contribution >= 4 is 15.7 Å². The second-order valence-corrected chi connectivity index (χ2v) is 6.75. The van der Waals surface area contributed by atoms with Gasteiger partial charge in [-0.2, -0.15) is 4.31 Å². The Bertz CT molecular complexity index is 602. The lowest BCUT2D eigenvalue weighted by atomic mass is 10.3. The molecule has 0 amide bonds. The van der Waals surface area contributed by atoms with E-state index in [9.17, 15) is 18.5 Å². The van der Waals surface area contributed by atoms with Gasteiger partial charge in [-0.15, -0.1) is 0 Å². The van der Waals surface area contributed by atoms with E-state index in [0.717, 1.165) is 19.0 Å². The minimum Gasteiger partial charge on any atom is -0.305 e. The van der Waals surface area contributed by atoms with Crippen molar-refractivity contribution in [3.63, 3.8) is 0 Å². The molecule has 2 rings (SSSR count). The molecule has 1 saturated heterocycles. The molecule has 110 valence electrons. The summed E-state index contributed by atoms with van der Waals surface area (Å²) in [6, 6.07) is 5.20. The monoisotopic (exact) mass is 299 g/mol. The number of hydrogen-bond donors (Lipinski definition) is 0. The number of nitro groups is 1. The van der Waals surface area contributed by atoms with Crippen LogP contribution in [0.25, 0.3) is 0 Å². The molecule has 8 heteroatoms. The molecule has 1 aromatic carbocycles. The Labute approximate surface area is 118 Å². The third-order valence-corrected chi connectivity index (χ3v) is 5.24. The average Bonchev–Trinajstić information content (AvgIpc) is 2.64. The van der Waals surface area contributed by atoms with Crippen molar-refractivity contribution < 1.29 is 13.3 Å². The fourth-order valence-corrected chi connectivity index (χ4v) is 3.68. The standard InChI is InChI=1S/C12H17N3O4S/c1-13-6-3-7-14(9-8-13)20(18,19)12-5-2-4-11(10-12)15(16)17/h2,4-5,10H,3,6-9H2,1H3. The third-order valence-electron chi connectivity index (χ3n) is 3.34. The van der Waals surface area contributed by atoms with E-state index in [-0.39, 0.29) is 10.6 Å². The highest BCUT2D eigenvalue weighted by Gasteiger charge is 2.27. The lowest BCUT2D eigenvalue weighted by Crippen LogP contribution is -2.34. The van der Waals surface area contributed by atoms with Gasteiger partial charge in [0.05, 0.1) is 9.82 Å². The highest BCUT2D eigenvalue weighted by molar-refractivity contribution is 7.89. The lowest BCUT2D eigenvalue weighted by molar-refractivity contribution is -0.385. The zero-order valence-electron chi connectivity index (χ0n) is 11.2. The van der Waals surface area contributed by atoms with Crippen LogP contribution in [0.5, 0.6) is 0 Å². The zero-order chi connectivity index (χ0) is 14.8. The SMILES string of the molecule is CN1CCCN(S(=O)(=O)c2cccc([N+](=O)[O-])c2)CC1. The maximum atomic E-state index is 12.5. The van der Waals surface area contributed by atoms with Gasteiger partial charge < -0.3 is 4.90 Å². The fourth-order valence-electron chi connectivity index (χ4n) is 2.17. The van der Waals surface area contributed by atoms with Crippen LogP contribution < -0.4 is 0 Å². The Morgan fingerprint density at radius 2 is 1.95 bits per heavy atom. The van der Waals surface area contributed by atoms with Crippen molar-refractivity contribution in [1.29, 1.82) is 0 Å². The summed E-state index contributed by atoms with van der Waals surface area (Å²) in [5, 5.41) is 10.7. The number of non-ortho nitro benzene ring substituents is 1. The van der Waals surface area contributed by atoms with Gasteiger partial charge in [0.25, 0.3) is 5.69 Å². The van der Waals surface area contributed by atoms with E-state index >= 15 is 0 Å². The van der Waals surface area contributed by atoms with Gasteiger partial charge in [0, 0.05) is 31.8 Å². The maximum absolute atomic E-state index is 12.5.